The number of fused-ring (bicyclic) bond motifs is 4. The fraction of sp³-hybridized carbons (Fsp3) is 0.630. The van der Waals surface area contributed by atoms with E-state index in [0.717, 1.165) is 68.7 Å². The molecule has 3 aliphatic heterocycles. The number of amides is 1. The number of aromatic nitrogens is 2. The van der Waals surface area contributed by atoms with Crippen molar-refractivity contribution in [2.75, 3.05) is 19.6 Å². The molecule has 4 heterocycles. The highest BCUT2D eigenvalue weighted by molar-refractivity contribution is 5.77. The van der Waals surface area contributed by atoms with Gasteiger partial charge in [0.1, 0.15) is 17.0 Å². The van der Waals surface area contributed by atoms with E-state index in [2.05, 4.69) is 53.9 Å². The molecule has 33 heavy (non-hydrogen) atoms. The third-order valence-corrected chi connectivity index (χ3v) is 8.31. The van der Waals surface area contributed by atoms with Crippen LogP contribution in [0.2, 0.25) is 0 Å². The van der Waals surface area contributed by atoms with Gasteiger partial charge in [-0.3, -0.25) is 9.48 Å². The molecule has 0 bridgehead atoms. The van der Waals surface area contributed by atoms with Crippen molar-refractivity contribution in [1.82, 2.24) is 20.0 Å². The molecule has 1 aromatic carbocycles. The molecule has 0 radical (unpaired) electrons. The molecule has 6 rings (SSSR count). The Hall–Kier alpha value is -2.34. The number of benzene rings is 1. The molecule has 6 nitrogen and oxygen atoms in total. The van der Waals surface area contributed by atoms with Crippen molar-refractivity contribution in [3.8, 4) is 17.0 Å². The molecule has 1 atom stereocenters. The van der Waals surface area contributed by atoms with Gasteiger partial charge in [-0.05, 0) is 71.0 Å². The zero-order chi connectivity index (χ0) is 22.8. The molecule has 1 saturated carbocycles. The van der Waals surface area contributed by atoms with Crippen LogP contribution in [0.1, 0.15) is 76.1 Å². The Morgan fingerprint density at radius 2 is 1.94 bits per heavy atom. The predicted molar refractivity (Wildman–Crippen MR) is 128 cm³/mol. The normalized spacial score (nSPS) is 25.3. The van der Waals surface area contributed by atoms with Crippen LogP contribution in [0.5, 0.6) is 5.75 Å². The Balaban J connectivity index is 1.36. The Labute approximate surface area is 196 Å². The molecule has 6 heteroatoms. The zero-order valence-corrected chi connectivity index (χ0v) is 20.2. The van der Waals surface area contributed by atoms with Crippen molar-refractivity contribution in [2.24, 2.45) is 5.92 Å². The van der Waals surface area contributed by atoms with Gasteiger partial charge in [-0.25, -0.2) is 0 Å². The Kier molecular flexibility index (Phi) is 4.88. The lowest BCUT2D eigenvalue weighted by molar-refractivity contribution is -0.135. The molecule has 4 aliphatic rings. The molecule has 176 valence electrons. The second kappa shape index (κ2) is 7.59. The summed E-state index contributed by atoms with van der Waals surface area (Å²) in [5.41, 5.74) is 4.39. The maximum atomic E-state index is 12.8. The van der Waals surface area contributed by atoms with Gasteiger partial charge in [0.25, 0.3) is 0 Å². The van der Waals surface area contributed by atoms with E-state index >= 15 is 0 Å². The molecule has 1 N–H and O–H groups in total. The minimum atomic E-state index is -0.398. The molecule has 1 aromatic heterocycles. The van der Waals surface area contributed by atoms with Crippen LogP contribution >= 0.6 is 0 Å². The van der Waals surface area contributed by atoms with E-state index in [-0.39, 0.29) is 5.54 Å². The zero-order valence-electron chi connectivity index (χ0n) is 20.2. The topological polar surface area (TPSA) is 59.4 Å². The van der Waals surface area contributed by atoms with Gasteiger partial charge in [0.05, 0.1) is 6.04 Å². The van der Waals surface area contributed by atoms with E-state index in [1.54, 1.807) is 0 Å². The summed E-state index contributed by atoms with van der Waals surface area (Å²) < 4.78 is 9.12. The number of carbonyl (C=O) groups excluding carboxylic acids is 1. The lowest BCUT2D eigenvalue weighted by atomic mass is 9.79. The lowest BCUT2D eigenvalue weighted by Gasteiger charge is -2.44. The van der Waals surface area contributed by atoms with Gasteiger partial charge < -0.3 is 15.0 Å². The standard InChI is InChI=1S/C27H36N4O2/c1-18-24-25(29-31(18)20-10-13-28-26(2,3)17-20)21-6-4-5-7-22(21)33-27(24)11-14-30(15-12-27)23(32)16-19-8-9-19/h4-7,19-20,28H,8-17H2,1-3H3/t20-/m1/s1. The van der Waals surface area contributed by atoms with Crippen LogP contribution in [-0.4, -0.2) is 45.8 Å². The smallest absolute Gasteiger partial charge is 0.222 e. The van der Waals surface area contributed by atoms with E-state index < -0.39 is 5.60 Å². The molecular weight excluding hydrogens is 412 g/mol. The first kappa shape index (κ1) is 21.2. The maximum absolute atomic E-state index is 12.8. The van der Waals surface area contributed by atoms with E-state index in [0.29, 0.717) is 17.9 Å². The van der Waals surface area contributed by atoms with Gasteiger partial charge in [0, 0.05) is 54.7 Å². The molecule has 1 aliphatic carbocycles. The first-order chi connectivity index (χ1) is 15.9. The van der Waals surface area contributed by atoms with E-state index in [1.165, 1.54) is 24.1 Å². The number of para-hydroxylation sites is 1. The van der Waals surface area contributed by atoms with E-state index in [1.807, 2.05) is 6.07 Å². The Morgan fingerprint density at radius 3 is 2.67 bits per heavy atom. The SMILES string of the molecule is Cc1c2c(nn1[C@@H]1CCNC(C)(C)C1)-c1ccccc1OC21CCN(C(=O)CC2CC2)CC1. The lowest BCUT2D eigenvalue weighted by Crippen LogP contribution is -2.49. The second-order valence-corrected chi connectivity index (χ2v) is 11.3. The van der Waals surface area contributed by atoms with Crippen molar-refractivity contribution in [1.29, 1.82) is 0 Å². The number of likely N-dealkylation sites (tertiary alicyclic amines) is 1. The van der Waals surface area contributed by atoms with Crippen LogP contribution < -0.4 is 10.1 Å². The number of nitrogens with one attached hydrogen (secondary N) is 1. The van der Waals surface area contributed by atoms with E-state index in [9.17, 15) is 4.79 Å². The third kappa shape index (κ3) is 3.67. The quantitative estimate of drug-likeness (QED) is 0.747. The molecule has 1 spiro atoms. The fourth-order valence-electron chi connectivity index (χ4n) is 6.34. The summed E-state index contributed by atoms with van der Waals surface area (Å²) >= 11 is 0. The van der Waals surface area contributed by atoms with Gasteiger partial charge in [0.15, 0.2) is 0 Å². The van der Waals surface area contributed by atoms with Gasteiger partial charge >= 0.3 is 0 Å². The summed E-state index contributed by atoms with van der Waals surface area (Å²) in [6.07, 6.45) is 6.98. The molecule has 0 unspecified atom stereocenters. The van der Waals surface area contributed by atoms with Crippen molar-refractivity contribution >= 4 is 5.91 Å². The van der Waals surface area contributed by atoms with E-state index in [4.69, 9.17) is 9.84 Å². The van der Waals surface area contributed by atoms with Crippen molar-refractivity contribution in [3.63, 3.8) is 0 Å². The number of piperidine rings is 2. The third-order valence-electron chi connectivity index (χ3n) is 8.31. The largest absolute Gasteiger partial charge is 0.482 e. The monoisotopic (exact) mass is 448 g/mol. The molecule has 2 aromatic rings. The van der Waals surface area contributed by atoms with Gasteiger partial charge in [-0.15, -0.1) is 0 Å². The average Bonchev–Trinajstić information content (AvgIpc) is 3.53. The fourth-order valence-corrected chi connectivity index (χ4v) is 6.34. The highest BCUT2D eigenvalue weighted by atomic mass is 16.5. The van der Waals surface area contributed by atoms with Crippen molar-refractivity contribution in [2.45, 2.75) is 82.9 Å². The number of hydrogen-bond acceptors (Lipinski definition) is 4. The van der Waals surface area contributed by atoms with Crippen molar-refractivity contribution in [3.05, 3.63) is 35.5 Å². The molecule has 1 amide bonds. The summed E-state index contributed by atoms with van der Waals surface area (Å²) in [5, 5.41) is 8.90. The van der Waals surface area contributed by atoms with Crippen LogP contribution in [0, 0.1) is 12.8 Å². The summed E-state index contributed by atoms with van der Waals surface area (Å²) in [7, 11) is 0. The Bertz CT molecular complexity index is 1080. The Morgan fingerprint density at radius 1 is 1.18 bits per heavy atom. The minimum Gasteiger partial charge on any atom is -0.482 e. The predicted octanol–water partition coefficient (Wildman–Crippen LogP) is 4.57. The average molecular weight is 449 g/mol. The highest BCUT2D eigenvalue weighted by Crippen LogP contribution is 2.51. The van der Waals surface area contributed by atoms with Crippen LogP contribution in [0.3, 0.4) is 0 Å². The van der Waals surface area contributed by atoms with Crippen molar-refractivity contribution < 1.29 is 9.53 Å². The summed E-state index contributed by atoms with van der Waals surface area (Å²) in [5.74, 6) is 1.89. The maximum Gasteiger partial charge on any atom is 0.222 e. The van der Waals surface area contributed by atoms with Gasteiger partial charge in [-0.2, -0.15) is 5.10 Å². The number of nitrogens with zero attached hydrogens (tertiary/aromatic N) is 3. The van der Waals surface area contributed by atoms with Crippen LogP contribution in [-0.2, 0) is 10.4 Å². The first-order valence-corrected chi connectivity index (χ1v) is 12.8. The first-order valence-electron chi connectivity index (χ1n) is 12.8. The molecular formula is C27H36N4O2. The van der Waals surface area contributed by atoms with Gasteiger partial charge in [0.2, 0.25) is 5.91 Å². The molecule has 2 saturated heterocycles. The highest BCUT2D eigenvalue weighted by Gasteiger charge is 2.48. The van der Waals surface area contributed by atoms with Crippen LogP contribution in [0.15, 0.2) is 24.3 Å². The summed E-state index contributed by atoms with van der Waals surface area (Å²) in [6, 6.07) is 8.72. The number of hydrogen-bond donors (Lipinski definition) is 1. The second-order valence-electron chi connectivity index (χ2n) is 11.3. The number of carbonyl (C=O) groups is 1. The summed E-state index contributed by atoms with van der Waals surface area (Å²) in [4.78, 5) is 14.8. The van der Waals surface area contributed by atoms with Gasteiger partial charge in [-0.1, -0.05) is 12.1 Å². The number of ether oxygens (including phenoxy) is 1. The minimum absolute atomic E-state index is 0.112. The summed E-state index contributed by atoms with van der Waals surface area (Å²) in [6.45, 7) is 9.33. The molecule has 3 fully saturated rings. The number of rotatable bonds is 3. The van der Waals surface area contributed by atoms with Crippen LogP contribution in [0.4, 0.5) is 0 Å². The van der Waals surface area contributed by atoms with Crippen LogP contribution in [0.25, 0.3) is 11.3 Å².